The van der Waals surface area contributed by atoms with Gasteiger partial charge in [-0.3, -0.25) is 9.59 Å². The number of ketones is 2. The topological polar surface area (TPSA) is 34.1 Å². The number of carbonyl (C=O) groups is 2. The summed E-state index contributed by atoms with van der Waals surface area (Å²) in [5.74, 6) is 1.06. The van der Waals surface area contributed by atoms with Gasteiger partial charge >= 0.3 is 0 Å². The number of hydrogen-bond acceptors (Lipinski definition) is 4. The molecule has 0 bridgehead atoms. The van der Waals surface area contributed by atoms with E-state index in [0.717, 1.165) is 57.9 Å². The largest absolute Gasteiger partial charge is 0.289 e. The fourth-order valence-corrected chi connectivity index (χ4v) is 5.79. The van der Waals surface area contributed by atoms with E-state index < -0.39 is 0 Å². The summed E-state index contributed by atoms with van der Waals surface area (Å²) in [5.41, 5.74) is 4.34. The summed E-state index contributed by atoms with van der Waals surface area (Å²) in [5, 5.41) is 0. The third-order valence-corrected chi connectivity index (χ3v) is 8.16. The van der Waals surface area contributed by atoms with E-state index in [9.17, 15) is 9.59 Å². The Kier molecular flexibility index (Phi) is 9.81. The van der Waals surface area contributed by atoms with E-state index in [1.807, 2.05) is 60.7 Å². The Bertz CT molecular complexity index is 1310. The van der Waals surface area contributed by atoms with Crippen LogP contribution in [0.4, 0.5) is 0 Å². The number of rotatable bonds is 11. The SMILES string of the molecule is CC/C=C(/CCSc1ccc(C)cc1)C(=O)c1ccc(Sc2ccc(C(=O)C3=CCCC=C3)cc2)cc1. The zero-order chi connectivity index (χ0) is 26.0. The molecule has 0 aromatic heterocycles. The van der Waals surface area contributed by atoms with Crippen LogP contribution in [-0.4, -0.2) is 17.3 Å². The number of aryl methyl sites for hydroxylation is 1. The first-order valence-corrected chi connectivity index (χ1v) is 14.6. The van der Waals surface area contributed by atoms with Crippen LogP contribution in [0.2, 0.25) is 0 Å². The number of Topliss-reactive ketones (excluding diaryl/α,β-unsaturated/α-hetero) is 2. The zero-order valence-corrected chi connectivity index (χ0v) is 23.0. The highest BCUT2D eigenvalue weighted by molar-refractivity contribution is 7.99. The molecule has 188 valence electrons. The van der Waals surface area contributed by atoms with Crippen molar-refractivity contribution in [2.24, 2.45) is 0 Å². The fraction of sp³-hybridized carbons (Fsp3) is 0.212. The zero-order valence-electron chi connectivity index (χ0n) is 21.4. The molecule has 37 heavy (non-hydrogen) atoms. The normalized spacial score (nSPS) is 13.4. The maximum absolute atomic E-state index is 13.2. The van der Waals surface area contributed by atoms with Gasteiger partial charge in [0.15, 0.2) is 11.6 Å². The van der Waals surface area contributed by atoms with Crippen LogP contribution in [-0.2, 0) is 0 Å². The standard InChI is InChI=1S/C33H32O2S2/c1-3-7-25(22-23-36-29-16-10-24(2)11-17-29)32(34)27-12-18-30(19-13-27)37-31-20-14-28(15-21-31)33(35)26-8-5-4-6-9-26/h5,7-21H,3-4,6,22-23H2,1-2H3/b25-7-. The van der Waals surface area contributed by atoms with Gasteiger partial charge in [-0.25, -0.2) is 0 Å². The summed E-state index contributed by atoms with van der Waals surface area (Å²) in [4.78, 5) is 29.2. The molecule has 0 saturated heterocycles. The molecule has 0 N–H and O–H groups in total. The molecule has 0 aliphatic heterocycles. The van der Waals surface area contributed by atoms with Crippen LogP contribution in [0.3, 0.4) is 0 Å². The maximum Gasteiger partial charge on any atom is 0.192 e. The first-order chi connectivity index (χ1) is 18.0. The molecule has 0 fully saturated rings. The van der Waals surface area contributed by atoms with Crippen LogP contribution in [0.15, 0.2) is 123 Å². The summed E-state index contributed by atoms with van der Waals surface area (Å²) in [7, 11) is 0. The minimum absolute atomic E-state index is 0.0727. The van der Waals surface area contributed by atoms with Gasteiger partial charge in [-0.1, -0.05) is 60.7 Å². The number of allylic oxidation sites excluding steroid dienone is 6. The Labute approximate surface area is 229 Å². The Morgan fingerprint density at radius 3 is 2.03 bits per heavy atom. The first-order valence-electron chi connectivity index (χ1n) is 12.8. The van der Waals surface area contributed by atoms with Gasteiger partial charge in [0, 0.05) is 37.1 Å². The minimum Gasteiger partial charge on any atom is -0.289 e. The predicted molar refractivity (Wildman–Crippen MR) is 157 cm³/mol. The lowest BCUT2D eigenvalue weighted by molar-refractivity contribution is 0.102. The minimum atomic E-state index is 0.0727. The van der Waals surface area contributed by atoms with Crippen molar-refractivity contribution in [2.75, 3.05) is 5.75 Å². The average Bonchev–Trinajstić information content (AvgIpc) is 2.94. The van der Waals surface area contributed by atoms with Gasteiger partial charge in [-0.2, -0.15) is 0 Å². The molecule has 0 spiro atoms. The Hall–Kier alpha value is -3.08. The summed E-state index contributed by atoms with van der Waals surface area (Å²) in [6, 6.07) is 24.1. The second kappa shape index (κ2) is 13.5. The summed E-state index contributed by atoms with van der Waals surface area (Å²) >= 11 is 3.41. The van der Waals surface area contributed by atoms with Crippen LogP contribution in [0.25, 0.3) is 0 Å². The Balaban J connectivity index is 1.34. The molecule has 0 unspecified atom stereocenters. The Morgan fingerprint density at radius 1 is 0.811 bits per heavy atom. The molecule has 0 radical (unpaired) electrons. The van der Waals surface area contributed by atoms with E-state index in [1.165, 1.54) is 10.5 Å². The Morgan fingerprint density at radius 2 is 1.43 bits per heavy atom. The first kappa shape index (κ1) is 27.0. The van der Waals surface area contributed by atoms with Crippen molar-refractivity contribution in [3.05, 3.63) is 125 Å². The molecule has 1 aliphatic rings. The second-order valence-electron chi connectivity index (χ2n) is 9.00. The molecule has 3 aromatic rings. The fourth-order valence-electron chi connectivity index (χ4n) is 4.09. The van der Waals surface area contributed by atoms with Crippen LogP contribution >= 0.6 is 23.5 Å². The van der Waals surface area contributed by atoms with Gasteiger partial charge in [-0.05, 0) is 98.8 Å². The number of thioether (sulfide) groups is 1. The highest BCUT2D eigenvalue weighted by atomic mass is 32.2. The molecular weight excluding hydrogens is 492 g/mol. The van der Waals surface area contributed by atoms with Crippen LogP contribution in [0, 0.1) is 6.92 Å². The van der Waals surface area contributed by atoms with Crippen molar-refractivity contribution in [1.29, 1.82) is 0 Å². The average molecular weight is 525 g/mol. The van der Waals surface area contributed by atoms with Crippen molar-refractivity contribution in [2.45, 2.75) is 54.2 Å². The molecule has 3 aromatic carbocycles. The van der Waals surface area contributed by atoms with Gasteiger partial charge < -0.3 is 0 Å². The molecule has 1 aliphatic carbocycles. The van der Waals surface area contributed by atoms with Gasteiger partial charge in [-0.15, -0.1) is 11.8 Å². The smallest absolute Gasteiger partial charge is 0.192 e. The molecular formula is C33H32O2S2. The van der Waals surface area contributed by atoms with Gasteiger partial charge in [0.1, 0.15) is 0 Å². The quantitative estimate of drug-likeness (QED) is 0.142. The molecule has 0 amide bonds. The van der Waals surface area contributed by atoms with E-state index in [0.29, 0.717) is 5.56 Å². The van der Waals surface area contributed by atoms with Crippen LogP contribution in [0.5, 0.6) is 0 Å². The van der Waals surface area contributed by atoms with E-state index in [4.69, 9.17) is 0 Å². The summed E-state index contributed by atoms with van der Waals surface area (Å²) < 4.78 is 0. The molecule has 0 heterocycles. The van der Waals surface area contributed by atoms with E-state index in [1.54, 1.807) is 23.5 Å². The van der Waals surface area contributed by atoms with Gasteiger partial charge in [0.25, 0.3) is 0 Å². The summed E-state index contributed by atoms with van der Waals surface area (Å²) in [6.45, 7) is 4.16. The van der Waals surface area contributed by atoms with Crippen molar-refractivity contribution < 1.29 is 9.59 Å². The third-order valence-electron chi connectivity index (χ3n) is 6.13. The number of carbonyl (C=O) groups excluding carboxylic acids is 2. The van der Waals surface area contributed by atoms with Crippen LogP contribution < -0.4 is 0 Å². The predicted octanol–water partition coefficient (Wildman–Crippen LogP) is 9.31. The summed E-state index contributed by atoms with van der Waals surface area (Å²) in [6.07, 6.45) is 11.6. The van der Waals surface area contributed by atoms with Gasteiger partial charge in [0.05, 0.1) is 0 Å². The van der Waals surface area contributed by atoms with Crippen molar-refractivity contribution in [3.63, 3.8) is 0 Å². The monoisotopic (exact) mass is 524 g/mol. The highest BCUT2D eigenvalue weighted by Crippen LogP contribution is 2.29. The maximum atomic E-state index is 13.2. The number of hydrogen-bond donors (Lipinski definition) is 0. The lowest BCUT2D eigenvalue weighted by Gasteiger charge is -2.09. The molecule has 4 rings (SSSR count). The third kappa shape index (κ3) is 7.70. The lowest BCUT2D eigenvalue weighted by Crippen LogP contribution is -2.05. The van der Waals surface area contributed by atoms with Crippen molar-refractivity contribution >= 4 is 35.1 Å². The van der Waals surface area contributed by atoms with E-state index >= 15 is 0 Å². The van der Waals surface area contributed by atoms with E-state index in [2.05, 4.69) is 50.3 Å². The van der Waals surface area contributed by atoms with E-state index in [-0.39, 0.29) is 11.6 Å². The van der Waals surface area contributed by atoms with Crippen molar-refractivity contribution in [1.82, 2.24) is 0 Å². The van der Waals surface area contributed by atoms with Gasteiger partial charge in [0.2, 0.25) is 0 Å². The highest BCUT2D eigenvalue weighted by Gasteiger charge is 2.14. The molecule has 0 saturated carbocycles. The molecule has 2 nitrogen and oxygen atoms in total. The van der Waals surface area contributed by atoms with Crippen LogP contribution in [0.1, 0.15) is 58.9 Å². The molecule has 4 heteroatoms. The van der Waals surface area contributed by atoms with Crippen molar-refractivity contribution in [3.8, 4) is 0 Å². The second-order valence-corrected chi connectivity index (χ2v) is 11.3. The lowest BCUT2D eigenvalue weighted by atomic mass is 9.98. The molecule has 0 atom stereocenters. The number of benzene rings is 3.